The van der Waals surface area contributed by atoms with Gasteiger partial charge in [0, 0.05) is 17.0 Å². The topological polar surface area (TPSA) is 105 Å². The summed E-state index contributed by atoms with van der Waals surface area (Å²) in [6, 6.07) is 7.64. The Bertz CT molecular complexity index is 910. The van der Waals surface area contributed by atoms with Gasteiger partial charge >= 0.3 is 4.87 Å². The van der Waals surface area contributed by atoms with E-state index in [0.29, 0.717) is 11.3 Å². The summed E-state index contributed by atoms with van der Waals surface area (Å²) in [6.45, 7) is 0. The van der Waals surface area contributed by atoms with Gasteiger partial charge in [-0.05, 0) is 12.1 Å². The van der Waals surface area contributed by atoms with Crippen molar-refractivity contribution in [2.45, 2.75) is 4.90 Å². The Morgan fingerprint density at radius 3 is 2.81 bits per heavy atom. The number of aromatic nitrogens is 2. The average molecular weight is 323 g/mol. The first-order valence-corrected chi connectivity index (χ1v) is 8.12. The molecule has 0 fully saturated rings. The molecule has 3 rings (SSSR count). The van der Waals surface area contributed by atoms with Crippen LogP contribution >= 0.6 is 11.3 Å². The van der Waals surface area contributed by atoms with E-state index in [-0.39, 0.29) is 15.6 Å². The van der Waals surface area contributed by atoms with Crippen molar-refractivity contribution in [1.29, 1.82) is 0 Å². The zero-order valence-electron chi connectivity index (χ0n) is 10.4. The number of anilines is 1. The summed E-state index contributed by atoms with van der Waals surface area (Å²) in [5, 5.41) is 5.14. The van der Waals surface area contributed by atoms with Crippen LogP contribution in [0, 0.1) is 0 Å². The molecule has 2 heterocycles. The van der Waals surface area contributed by atoms with E-state index in [4.69, 9.17) is 0 Å². The maximum absolute atomic E-state index is 12.2. The SMILES string of the molecule is O=c1[nH]c(-c2cccc(S(=O)(=O)Nc3ccon3)c2)cs1. The number of aromatic amines is 1. The van der Waals surface area contributed by atoms with Gasteiger partial charge in [-0.3, -0.25) is 9.52 Å². The Labute approximate surface area is 123 Å². The molecule has 0 aliphatic heterocycles. The van der Waals surface area contributed by atoms with Crippen molar-refractivity contribution < 1.29 is 12.9 Å². The molecular formula is C12H9N3O4S2. The molecular weight excluding hydrogens is 314 g/mol. The molecule has 7 nitrogen and oxygen atoms in total. The van der Waals surface area contributed by atoms with Crippen LogP contribution in [0.2, 0.25) is 0 Å². The first kappa shape index (κ1) is 13.6. The fourth-order valence-corrected chi connectivity index (χ4v) is 3.34. The molecule has 9 heteroatoms. The van der Waals surface area contributed by atoms with E-state index in [2.05, 4.69) is 19.4 Å². The van der Waals surface area contributed by atoms with Gasteiger partial charge in [-0.15, -0.1) is 0 Å². The van der Waals surface area contributed by atoms with E-state index in [1.54, 1.807) is 17.5 Å². The zero-order chi connectivity index (χ0) is 14.9. The molecule has 108 valence electrons. The second-order valence-electron chi connectivity index (χ2n) is 4.08. The number of nitrogens with zero attached hydrogens (tertiary/aromatic N) is 1. The molecule has 1 aromatic carbocycles. The number of hydrogen-bond acceptors (Lipinski definition) is 6. The normalized spacial score (nSPS) is 11.4. The lowest BCUT2D eigenvalue weighted by molar-refractivity contribution is 0.423. The lowest BCUT2D eigenvalue weighted by atomic mass is 10.2. The molecule has 3 aromatic rings. The third-order valence-corrected chi connectivity index (χ3v) is 4.67. The summed E-state index contributed by atoms with van der Waals surface area (Å²) < 4.78 is 31.3. The summed E-state index contributed by atoms with van der Waals surface area (Å²) in [4.78, 5) is 13.7. The summed E-state index contributed by atoms with van der Waals surface area (Å²) in [7, 11) is -3.77. The Balaban J connectivity index is 1.97. The number of H-pyrrole nitrogens is 1. The Morgan fingerprint density at radius 1 is 1.29 bits per heavy atom. The predicted molar refractivity (Wildman–Crippen MR) is 77.7 cm³/mol. The van der Waals surface area contributed by atoms with Crippen LogP contribution in [-0.2, 0) is 10.0 Å². The van der Waals surface area contributed by atoms with Gasteiger partial charge in [0.25, 0.3) is 10.0 Å². The highest BCUT2D eigenvalue weighted by molar-refractivity contribution is 7.92. The molecule has 2 N–H and O–H groups in total. The van der Waals surface area contributed by atoms with Crippen LogP contribution in [0.15, 0.2) is 56.2 Å². The van der Waals surface area contributed by atoms with Crippen molar-refractivity contribution in [3.05, 3.63) is 51.6 Å². The maximum Gasteiger partial charge on any atom is 0.304 e. The fraction of sp³-hybridized carbons (Fsp3) is 0. The fourth-order valence-electron chi connectivity index (χ4n) is 1.71. The number of nitrogens with one attached hydrogen (secondary N) is 2. The summed E-state index contributed by atoms with van der Waals surface area (Å²) in [6.07, 6.45) is 1.27. The van der Waals surface area contributed by atoms with Crippen molar-refractivity contribution in [3.8, 4) is 11.3 Å². The van der Waals surface area contributed by atoms with Crippen LogP contribution in [0.5, 0.6) is 0 Å². The lowest BCUT2D eigenvalue weighted by Crippen LogP contribution is -2.13. The highest BCUT2D eigenvalue weighted by Crippen LogP contribution is 2.22. The second kappa shape index (κ2) is 5.19. The van der Waals surface area contributed by atoms with Gasteiger partial charge in [0.15, 0.2) is 5.82 Å². The zero-order valence-corrected chi connectivity index (χ0v) is 12.1. The van der Waals surface area contributed by atoms with Crippen molar-refractivity contribution in [2.75, 3.05) is 4.72 Å². The monoisotopic (exact) mass is 323 g/mol. The van der Waals surface area contributed by atoms with E-state index in [1.165, 1.54) is 24.5 Å². The smallest absolute Gasteiger partial charge is 0.304 e. The van der Waals surface area contributed by atoms with Crippen molar-refractivity contribution >= 4 is 27.2 Å². The molecule has 0 spiro atoms. The van der Waals surface area contributed by atoms with E-state index < -0.39 is 10.0 Å². The van der Waals surface area contributed by atoms with E-state index >= 15 is 0 Å². The van der Waals surface area contributed by atoms with Gasteiger partial charge in [-0.1, -0.05) is 28.6 Å². The standard InChI is InChI=1S/C12H9N3O4S2/c16-12-13-10(7-20-12)8-2-1-3-9(6-8)21(17,18)15-11-4-5-19-14-11/h1-7H,(H,13,16)(H,14,15). The third-order valence-electron chi connectivity index (χ3n) is 2.65. The largest absolute Gasteiger partial charge is 0.363 e. The lowest BCUT2D eigenvalue weighted by Gasteiger charge is -2.06. The molecule has 0 amide bonds. The molecule has 0 saturated carbocycles. The molecule has 0 radical (unpaired) electrons. The van der Waals surface area contributed by atoms with Crippen LogP contribution in [0.3, 0.4) is 0 Å². The molecule has 0 saturated heterocycles. The van der Waals surface area contributed by atoms with Crippen LogP contribution in [0.1, 0.15) is 0 Å². The summed E-state index contributed by atoms with van der Waals surface area (Å²) >= 11 is 1.02. The molecule has 0 aliphatic rings. The quantitative estimate of drug-likeness (QED) is 0.763. The van der Waals surface area contributed by atoms with Gasteiger partial charge in [-0.2, -0.15) is 0 Å². The van der Waals surface area contributed by atoms with Gasteiger partial charge in [-0.25, -0.2) is 8.42 Å². The predicted octanol–water partition coefficient (Wildman–Crippen LogP) is 1.89. The number of hydrogen-bond donors (Lipinski definition) is 2. The average Bonchev–Trinajstić information content (AvgIpc) is 3.10. The van der Waals surface area contributed by atoms with E-state index in [9.17, 15) is 13.2 Å². The van der Waals surface area contributed by atoms with E-state index in [1.807, 2.05) is 0 Å². The van der Waals surface area contributed by atoms with Crippen LogP contribution in [0.4, 0.5) is 5.82 Å². The second-order valence-corrected chi connectivity index (χ2v) is 6.60. The summed E-state index contributed by atoms with van der Waals surface area (Å²) in [5.41, 5.74) is 1.18. The van der Waals surface area contributed by atoms with Crippen molar-refractivity contribution in [3.63, 3.8) is 0 Å². The first-order valence-electron chi connectivity index (χ1n) is 5.76. The number of sulfonamides is 1. The minimum atomic E-state index is -3.77. The molecule has 0 bridgehead atoms. The van der Waals surface area contributed by atoms with E-state index in [0.717, 1.165) is 11.3 Å². The number of rotatable bonds is 4. The maximum atomic E-state index is 12.2. The van der Waals surface area contributed by atoms with Crippen molar-refractivity contribution in [1.82, 2.24) is 10.1 Å². The minimum absolute atomic E-state index is 0.0649. The number of thiazole rings is 1. The molecule has 0 atom stereocenters. The first-order chi connectivity index (χ1) is 10.0. The van der Waals surface area contributed by atoms with Gasteiger partial charge < -0.3 is 9.51 Å². The highest BCUT2D eigenvalue weighted by Gasteiger charge is 2.16. The number of benzene rings is 1. The Morgan fingerprint density at radius 2 is 2.14 bits per heavy atom. The Kier molecular flexibility index (Phi) is 3.35. The van der Waals surface area contributed by atoms with Crippen LogP contribution in [0.25, 0.3) is 11.3 Å². The molecule has 21 heavy (non-hydrogen) atoms. The van der Waals surface area contributed by atoms with Crippen molar-refractivity contribution in [2.24, 2.45) is 0 Å². The van der Waals surface area contributed by atoms with Gasteiger partial charge in [0.1, 0.15) is 6.26 Å². The highest BCUT2D eigenvalue weighted by atomic mass is 32.2. The van der Waals surface area contributed by atoms with Gasteiger partial charge in [0.05, 0.1) is 10.6 Å². The summed E-state index contributed by atoms with van der Waals surface area (Å²) in [5.74, 6) is 0.101. The van der Waals surface area contributed by atoms with Crippen LogP contribution in [-0.4, -0.2) is 18.6 Å². The molecule has 2 aromatic heterocycles. The molecule has 0 aliphatic carbocycles. The van der Waals surface area contributed by atoms with Crippen LogP contribution < -0.4 is 9.60 Å². The third kappa shape index (κ3) is 2.88. The molecule has 0 unspecified atom stereocenters. The Hall–Kier alpha value is -2.39. The van der Waals surface area contributed by atoms with Gasteiger partial charge in [0.2, 0.25) is 0 Å². The minimum Gasteiger partial charge on any atom is -0.363 e.